The van der Waals surface area contributed by atoms with Crippen LogP contribution in [0.4, 0.5) is 0 Å². The van der Waals surface area contributed by atoms with Crippen LogP contribution >= 0.6 is 0 Å². The van der Waals surface area contributed by atoms with Gasteiger partial charge in [0, 0.05) is 6.92 Å². The van der Waals surface area contributed by atoms with E-state index in [4.69, 9.17) is 10.9 Å². The van der Waals surface area contributed by atoms with Crippen LogP contribution in [0.25, 0.3) is 0 Å². The molecule has 0 aliphatic heterocycles. The minimum absolute atomic E-state index is 0.111. The minimum atomic E-state index is -0.486. The molecule has 44 valence electrons. The first-order valence-corrected chi connectivity index (χ1v) is 2.25. The molecule has 1 unspecified atom stereocenters. The molecule has 3 heteroatoms. The van der Waals surface area contributed by atoms with E-state index >= 15 is 0 Å². The zero-order valence-corrected chi connectivity index (χ0v) is 5.05. The van der Waals surface area contributed by atoms with Crippen molar-refractivity contribution in [3.63, 3.8) is 0 Å². The lowest BCUT2D eigenvalue weighted by Gasteiger charge is -2.24. The smallest absolute Gasteiger partial charge is 0.204 e. The fraction of sp³-hybridized carbons (Fsp3) is 1.00. The second kappa shape index (κ2) is 1.78. The predicted octanol–water partition coefficient (Wildman–Crippen LogP) is -0.725. The van der Waals surface area contributed by atoms with Gasteiger partial charge in [-0.2, -0.15) is 5.84 Å². The number of aliphatic hydroxyl groups excluding tert-OH is 1. The van der Waals surface area contributed by atoms with Crippen molar-refractivity contribution < 1.29 is 9.70 Å². The molecule has 7 heavy (non-hydrogen) atoms. The summed E-state index contributed by atoms with van der Waals surface area (Å²) >= 11 is 0. The Labute approximate surface area is 43.9 Å². The van der Waals surface area contributed by atoms with Crippen LogP contribution in [0.15, 0.2) is 0 Å². The van der Waals surface area contributed by atoms with Crippen LogP contribution in [0.1, 0.15) is 6.92 Å². The summed E-state index contributed by atoms with van der Waals surface area (Å²) in [5.74, 6) is 5.37. The van der Waals surface area contributed by atoms with Crippen LogP contribution < -0.4 is 5.84 Å². The van der Waals surface area contributed by atoms with E-state index in [1.165, 1.54) is 0 Å². The second-order valence-corrected chi connectivity index (χ2v) is 2.26. The zero-order valence-electron chi connectivity index (χ0n) is 5.05. The largest absolute Gasteiger partial charge is 0.344 e. The molecule has 0 amide bonds. The van der Waals surface area contributed by atoms with Gasteiger partial charge in [0.15, 0.2) is 0 Å². The summed E-state index contributed by atoms with van der Waals surface area (Å²) in [5.41, 5.74) is 0. The summed E-state index contributed by atoms with van der Waals surface area (Å²) in [7, 11) is 3.45. The third-order valence-electron chi connectivity index (χ3n) is 0.963. The molecule has 0 aromatic carbocycles. The molecule has 0 aromatic heterocycles. The first kappa shape index (κ1) is 6.88. The molecule has 0 fully saturated rings. The summed E-state index contributed by atoms with van der Waals surface area (Å²) in [6.07, 6.45) is -0.486. The number of quaternary nitrogens is 1. The lowest BCUT2D eigenvalue weighted by Crippen LogP contribution is -2.53. The number of rotatable bonds is 1. The maximum atomic E-state index is 8.74. The fourth-order valence-corrected chi connectivity index (χ4v) is 0. The van der Waals surface area contributed by atoms with E-state index in [1.807, 2.05) is 0 Å². The van der Waals surface area contributed by atoms with Gasteiger partial charge in [0.25, 0.3) is 0 Å². The van der Waals surface area contributed by atoms with Crippen molar-refractivity contribution in [3.05, 3.63) is 0 Å². The van der Waals surface area contributed by atoms with Crippen molar-refractivity contribution in [3.8, 4) is 0 Å². The van der Waals surface area contributed by atoms with Gasteiger partial charge >= 0.3 is 0 Å². The highest BCUT2D eigenvalue weighted by atomic mass is 16.3. The van der Waals surface area contributed by atoms with Gasteiger partial charge in [0.2, 0.25) is 6.23 Å². The maximum Gasteiger partial charge on any atom is 0.204 e. The van der Waals surface area contributed by atoms with Gasteiger partial charge in [-0.25, -0.2) is 4.59 Å². The Bertz CT molecular complexity index is 55.2. The average Bonchev–Trinajstić information content (AvgIpc) is 1.31. The van der Waals surface area contributed by atoms with E-state index in [2.05, 4.69) is 0 Å². The number of hydrogen-bond acceptors (Lipinski definition) is 2. The number of hydrogen-bond donors (Lipinski definition) is 2. The summed E-state index contributed by atoms with van der Waals surface area (Å²) in [6.45, 7) is 1.65. The molecule has 0 aromatic rings. The van der Waals surface area contributed by atoms with Crippen molar-refractivity contribution in [2.75, 3.05) is 14.1 Å². The quantitative estimate of drug-likeness (QED) is 0.200. The zero-order chi connectivity index (χ0) is 6.08. The van der Waals surface area contributed by atoms with Crippen LogP contribution in [0.5, 0.6) is 0 Å². The molecule has 0 saturated carbocycles. The molecule has 0 saturated heterocycles. The van der Waals surface area contributed by atoms with Crippen molar-refractivity contribution >= 4 is 0 Å². The fourth-order valence-electron chi connectivity index (χ4n) is 0. The third kappa shape index (κ3) is 2.56. The highest BCUT2D eigenvalue weighted by molar-refractivity contribution is 4.16. The highest BCUT2D eigenvalue weighted by Crippen LogP contribution is 1.90. The molecular formula is C4H13N2O+. The first-order chi connectivity index (χ1) is 2.94. The van der Waals surface area contributed by atoms with Crippen molar-refractivity contribution in [2.45, 2.75) is 13.2 Å². The highest BCUT2D eigenvalue weighted by Gasteiger charge is 2.14. The molecule has 0 aliphatic rings. The van der Waals surface area contributed by atoms with Crippen LogP contribution in [-0.2, 0) is 0 Å². The average molecular weight is 105 g/mol. The summed E-state index contributed by atoms with van der Waals surface area (Å²) in [4.78, 5) is 0. The molecule has 3 N–H and O–H groups in total. The van der Waals surface area contributed by atoms with Gasteiger partial charge in [-0.05, 0) is 0 Å². The van der Waals surface area contributed by atoms with Crippen LogP contribution in [-0.4, -0.2) is 30.0 Å². The SMILES string of the molecule is CC(O)[N+](C)(C)N. The predicted molar refractivity (Wildman–Crippen MR) is 28.0 cm³/mol. The minimum Gasteiger partial charge on any atom is -0.344 e. The second-order valence-electron chi connectivity index (χ2n) is 2.26. The van der Waals surface area contributed by atoms with Crippen LogP contribution in [0, 0.1) is 0 Å². The van der Waals surface area contributed by atoms with E-state index in [0.29, 0.717) is 0 Å². The number of nitrogens with two attached hydrogens (primary N) is 1. The molecule has 0 heterocycles. The molecule has 0 rings (SSSR count). The molecule has 0 bridgehead atoms. The standard InChI is InChI=1S/C4H13N2O/c1-4(7)6(2,3)5/h4,7H,5H2,1-3H3/q+1. The Morgan fingerprint density at radius 3 is 1.71 bits per heavy atom. The lowest BCUT2D eigenvalue weighted by molar-refractivity contribution is -0.945. The first-order valence-electron chi connectivity index (χ1n) is 2.25. The molecular weight excluding hydrogens is 92.1 g/mol. The van der Waals surface area contributed by atoms with Gasteiger partial charge in [0.05, 0.1) is 14.1 Å². The van der Waals surface area contributed by atoms with Crippen molar-refractivity contribution in [2.24, 2.45) is 5.84 Å². The molecule has 0 radical (unpaired) electrons. The Hall–Kier alpha value is -0.120. The van der Waals surface area contributed by atoms with Gasteiger partial charge in [-0.3, -0.25) is 0 Å². The molecule has 3 nitrogen and oxygen atoms in total. The number of nitrogens with zero attached hydrogens (tertiary/aromatic N) is 1. The normalized spacial score (nSPS) is 16.7. The third-order valence-corrected chi connectivity index (χ3v) is 0.963. The topological polar surface area (TPSA) is 46.2 Å². The Balaban J connectivity index is 3.54. The monoisotopic (exact) mass is 105 g/mol. The van der Waals surface area contributed by atoms with Crippen LogP contribution in [0.3, 0.4) is 0 Å². The van der Waals surface area contributed by atoms with E-state index in [-0.39, 0.29) is 4.59 Å². The van der Waals surface area contributed by atoms with Crippen LogP contribution in [0.2, 0.25) is 0 Å². The van der Waals surface area contributed by atoms with Gasteiger partial charge in [0.1, 0.15) is 0 Å². The van der Waals surface area contributed by atoms with E-state index in [0.717, 1.165) is 0 Å². The summed E-state index contributed by atoms with van der Waals surface area (Å²) in [5, 5.41) is 8.74. The summed E-state index contributed by atoms with van der Waals surface area (Å²) < 4.78 is 0.111. The Morgan fingerprint density at radius 1 is 1.57 bits per heavy atom. The van der Waals surface area contributed by atoms with Gasteiger partial charge < -0.3 is 5.11 Å². The van der Waals surface area contributed by atoms with Crippen molar-refractivity contribution in [1.29, 1.82) is 0 Å². The molecule has 1 atom stereocenters. The molecule has 0 spiro atoms. The lowest BCUT2D eigenvalue weighted by atomic mass is 10.6. The van der Waals surface area contributed by atoms with E-state index in [9.17, 15) is 0 Å². The maximum absolute atomic E-state index is 8.74. The van der Waals surface area contributed by atoms with Gasteiger partial charge in [-0.15, -0.1) is 0 Å². The molecule has 0 aliphatic carbocycles. The Kier molecular flexibility index (Phi) is 1.75. The van der Waals surface area contributed by atoms with Gasteiger partial charge in [-0.1, -0.05) is 0 Å². The van der Waals surface area contributed by atoms with Crippen molar-refractivity contribution in [1.82, 2.24) is 0 Å². The van der Waals surface area contributed by atoms with E-state index in [1.54, 1.807) is 21.0 Å². The summed E-state index contributed by atoms with van der Waals surface area (Å²) in [6, 6.07) is 0. The number of aliphatic hydroxyl groups is 1. The Morgan fingerprint density at radius 2 is 1.71 bits per heavy atom. The van der Waals surface area contributed by atoms with E-state index < -0.39 is 6.23 Å².